The Morgan fingerprint density at radius 1 is 1.11 bits per heavy atom. The number of hydrogen-bond acceptors (Lipinski definition) is 5. The van der Waals surface area contributed by atoms with Crippen molar-refractivity contribution in [3.05, 3.63) is 54.1 Å². The number of amides is 1. The van der Waals surface area contributed by atoms with Gasteiger partial charge in [0.05, 0.1) is 19.1 Å². The third kappa shape index (κ3) is 5.07. The second-order valence-corrected chi connectivity index (χ2v) is 7.92. The van der Waals surface area contributed by atoms with Gasteiger partial charge in [-0.15, -0.1) is 0 Å². The predicted molar refractivity (Wildman–Crippen MR) is 105 cm³/mol. The van der Waals surface area contributed by atoms with Gasteiger partial charge in [-0.25, -0.2) is 8.42 Å². The SMILES string of the molecule is COc1ccc(N(C(C)C(=O)Nc2cccc(C(C)=O)c2)S(C)(=O)=O)cc1. The van der Waals surface area contributed by atoms with Crippen LogP contribution in [0.25, 0.3) is 0 Å². The van der Waals surface area contributed by atoms with E-state index in [1.165, 1.54) is 21.0 Å². The highest BCUT2D eigenvalue weighted by atomic mass is 32.2. The van der Waals surface area contributed by atoms with E-state index in [1.54, 1.807) is 48.5 Å². The topological polar surface area (TPSA) is 92.8 Å². The first-order valence-corrected chi connectivity index (χ1v) is 10.0. The van der Waals surface area contributed by atoms with Gasteiger partial charge in [-0.3, -0.25) is 13.9 Å². The van der Waals surface area contributed by atoms with Gasteiger partial charge in [0.1, 0.15) is 11.8 Å². The molecule has 27 heavy (non-hydrogen) atoms. The standard InChI is InChI=1S/C19H22N2O5S/c1-13(19(23)20-16-7-5-6-15(12-16)14(2)22)21(27(4,24)25)17-8-10-18(26-3)11-9-17/h5-13H,1-4H3,(H,20,23). The van der Waals surface area contributed by atoms with Gasteiger partial charge in [-0.05, 0) is 50.2 Å². The number of carbonyl (C=O) groups is 2. The smallest absolute Gasteiger partial charge is 0.247 e. The first-order valence-electron chi connectivity index (χ1n) is 8.19. The molecule has 144 valence electrons. The summed E-state index contributed by atoms with van der Waals surface area (Å²) in [4.78, 5) is 24.1. The van der Waals surface area contributed by atoms with Crippen molar-refractivity contribution in [3.8, 4) is 5.75 Å². The van der Waals surface area contributed by atoms with E-state index in [4.69, 9.17) is 4.74 Å². The van der Waals surface area contributed by atoms with Gasteiger partial charge in [0, 0.05) is 11.3 Å². The Hall–Kier alpha value is -2.87. The summed E-state index contributed by atoms with van der Waals surface area (Å²) in [5.74, 6) is -0.0718. The van der Waals surface area contributed by atoms with Crippen LogP contribution >= 0.6 is 0 Å². The first-order chi connectivity index (χ1) is 12.6. The van der Waals surface area contributed by atoms with Crippen molar-refractivity contribution in [2.75, 3.05) is 23.0 Å². The third-order valence-electron chi connectivity index (χ3n) is 3.95. The number of ether oxygens (including phenoxy) is 1. The molecule has 0 aliphatic heterocycles. The van der Waals surface area contributed by atoms with E-state index in [0.29, 0.717) is 22.7 Å². The van der Waals surface area contributed by atoms with E-state index >= 15 is 0 Å². The minimum absolute atomic E-state index is 0.129. The molecule has 1 unspecified atom stereocenters. The minimum Gasteiger partial charge on any atom is -0.497 e. The number of carbonyl (C=O) groups excluding carboxylic acids is 2. The maximum atomic E-state index is 12.7. The average molecular weight is 390 g/mol. The van der Waals surface area contributed by atoms with Crippen LogP contribution in [-0.2, 0) is 14.8 Å². The van der Waals surface area contributed by atoms with Crippen LogP contribution in [0, 0.1) is 0 Å². The van der Waals surface area contributed by atoms with Gasteiger partial charge in [0.15, 0.2) is 5.78 Å². The molecular weight excluding hydrogens is 368 g/mol. The maximum absolute atomic E-state index is 12.7. The van der Waals surface area contributed by atoms with Crippen molar-refractivity contribution < 1.29 is 22.7 Å². The van der Waals surface area contributed by atoms with E-state index in [1.807, 2.05) is 0 Å². The summed E-state index contributed by atoms with van der Waals surface area (Å²) in [6, 6.07) is 11.8. The van der Waals surface area contributed by atoms with Crippen molar-refractivity contribution in [1.29, 1.82) is 0 Å². The van der Waals surface area contributed by atoms with E-state index in [9.17, 15) is 18.0 Å². The van der Waals surface area contributed by atoms with Crippen molar-refractivity contribution in [2.45, 2.75) is 19.9 Å². The molecule has 0 radical (unpaired) electrons. The van der Waals surface area contributed by atoms with Crippen LogP contribution in [0.4, 0.5) is 11.4 Å². The number of rotatable bonds is 7. The summed E-state index contributed by atoms with van der Waals surface area (Å²) in [6.07, 6.45) is 1.04. The summed E-state index contributed by atoms with van der Waals surface area (Å²) in [5, 5.41) is 2.66. The number of sulfonamides is 1. The van der Waals surface area contributed by atoms with Crippen LogP contribution in [0.15, 0.2) is 48.5 Å². The first kappa shape index (κ1) is 20.4. The van der Waals surface area contributed by atoms with Crippen LogP contribution in [0.5, 0.6) is 5.75 Å². The van der Waals surface area contributed by atoms with Crippen LogP contribution < -0.4 is 14.4 Å². The predicted octanol–water partition coefficient (Wildman–Crippen LogP) is 2.69. The Labute approximate surface area is 159 Å². The Kier molecular flexibility index (Phi) is 6.22. The fraction of sp³-hybridized carbons (Fsp3) is 0.263. The van der Waals surface area contributed by atoms with Gasteiger partial charge in [-0.1, -0.05) is 12.1 Å². The summed E-state index contributed by atoms with van der Waals surface area (Å²) < 4.78 is 30.7. The van der Waals surface area contributed by atoms with Crippen LogP contribution in [0.3, 0.4) is 0 Å². The molecule has 0 aromatic heterocycles. The molecule has 0 fully saturated rings. The van der Waals surface area contributed by atoms with Crippen LogP contribution in [-0.4, -0.2) is 39.5 Å². The molecule has 1 amide bonds. The zero-order valence-corrected chi connectivity index (χ0v) is 16.4. The summed E-state index contributed by atoms with van der Waals surface area (Å²) in [5.41, 5.74) is 1.22. The minimum atomic E-state index is -3.72. The molecule has 0 saturated carbocycles. The number of nitrogens with zero attached hydrogens (tertiary/aromatic N) is 1. The van der Waals surface area contributed by atoms with Gasteiger partial charge >= 0.3 is 0 Å². The molecular formula is C19H22N2O5S. The fourth-order valence-electron chi connectivity index (χ4n) is 2.60. The zero-order valence-electron chi connectivity index (χ0n) is 15.6. The molecule has 0 spiro atoms. The van der Waals surface area contributed by atoms with Gasteiger partial charge in [-0.2, -0.15) is 0 Å². The maximum Gasteiger partial charge on any atom is 0.247 e. The number of nitrogens with one attached hydrogen (secondary N) is 1. The van der Waals surface area contributed by atoms with Gasteiger partial charge in [0.2, 0.25) is 15.9 Å². The summed E-state index contributed by atoms with van der Waals surface area (Å²) in [7, 11) is -2.21. The molecule has 0 bridgehead atoms. The molecule has 2 aromatic rings. The lowest BCUT2D eigenvalue weighted by Crippen LogP contribution is -2.45. The molecule has 0 aliphatic rings. The molecule has 2 rings (SSSR count). The quantitative estimate of drug-likeness (QED) is 0.734. The number of hydrogen-bond donors (Lipinski definition) is 1. The number of benzene rings is 2. The van der Waals surface area contributed by atoms with Gasteiger partial charge in [0.25, 0.3) is 0 Å². The molecule has 1 N–H and O–H groups in total. The van der Waals surface area contributed by atoms with E-state index in [-0.39, 0.29) is 5.78 Å². The highest BCUT2D eigenvalue weighted by molar-refractivity contribution is 7.92. The largest absolute Gasteiger partial charge is 0.497 e. The number of anilines is 2. The lowest BCUT2D eigenvalue weighted by molar-refractivity contribution is -0.116. The lowest BCUT2D eigenvalue weighted by atomic mass is 10.1. The lowest BCUT2D eigenvalue weighted by Gasteiger charge is -2.28. The Morgan fingerprint density at radius 2 is 1.74 bits per heavy atom. The number of ketones is 1. The van der Waals surface area contributed by atoms with Crippen molar-refractivity contribution >= 4 is 33.1 Å². The van der Waals surface area contributed by atoms with E-state index < -0.39 is 22.0 Å². The van der Waals surface area contributed by atoms with Crippen LogP contribution in [0.1, 0.15) is 24.2 Å². The molecule has 1 atom stereocenters. The highest BCUT2D eigenvalue weighted by Crippen LogP contribution is 2.24. The Bertz CT molecular complexity index is 939. The number of methoxy groups -OCH3 is 1. The monoisotopic (exact) mass is 390 g/mol. The average Bonchev–Trinajstić information content (AvgIpc) is 2.61. The highest BCUT2D eigenvalue weighted by Gasteiger charge is 2.29. The Balaban J connectivity index is 2.29. The molecule has 8 heteroatoms. The van der Waals surface area contributed by atoms with Crippen molar-refractivity contribution in [2.24, 2.45) is 0 Å². The van der Waals surface area contributed by atoms with E-state index in [0.717, 1.165) is 10.6 Å². The van der Waals surface area contributed by atoms with Crippen molar-refractivity contribution in [3.63, 3.8) is 0 Å². The molecule has 0 aliphatic carbocycles. The second-order valence-electron chi connectivity index (χ2n) is 6.06. The van der Waals surface area contributed by atoms with Gasteiger partial charge < -0.3 is 10.1 Å². The van der Waals surface area contributed by atoms with Crippen molar-refractivity contribution in [1.82, 2.24) is 0 Å². The fourth-order valence-corrected chi connectivity index (χ4v) is 3.78. The summed E-state index contributed by atoms with van der Waals surface area (Å²) in [6.45, 7) is 2.92. The zero-order chi connectivity index (χ0) is 20.2. The molecule has 7 nitrogen and oxygen atoms in total. The second kappa shape index (κ2) is 8.22. The normalized spacial score (nSPS) is 12.1. The molecule has 2 aromatic carbocycles. The molecule has 0 saturated heterocycles. The molecule has 0 heterocycles. The van der Waals surface area contributed by atoms with Crippen LogP contribution in [0.2, 0.25) is 0 Å². The third-order valence-corrected chi connectivity index (χ3v) is 5.19. The number of Topliss-reactive ketones (excluding diaryl/α,β-unsaturated/α-hetero) is 1. The van der Waals surface area contributed by atoms with E-state index in [2.05, 4.69) is 5.32 Å². The summed E-state index contributed by atoms with van der Waals surface area (Å²) >= 11 is 0. The Morgan fingerprint density at radius 3 is 2.26 bits per heavy atom.